The van der Waals surface area contributed by atoms with Crippen LogP contribution < -0.4 is 5.56 Å². The number of carboxylic acid groups (broad SMARTS) is 1. The third-order valence-electron chi connectivity index (χ3n) is 4.20. The predicted molar refractivity (Wildman–Crippen MR) is 80.8 cm³/mol. The Bertz CT molecular complexity index is 811. The number of carboxylic acids is 1. The summed E-state index contributed by atoms with van der Waals surface area (Å²) in [4.78, 5) is 39.8. The van der Waals surface area contributed by atoms with E-state index in [1.807, 2.05) is 6.92 Å². The van der Waals surface area contributed by atoms with Crippen LogP contribution in [0.5, 0.6) is 0 Å². The van der Waals surface area contributed by atoms with Crippen molar-refractivity contribution in [1.82, 2.24) is 9.88 Å². The number of nitrogens with one attached hydrogen (secondary N) is 1. The average molecular weight is 300 g/mol. The Balaban J connectivity index is 1.93. The van der Waals surface area contributed by atoms with Gasteiger partial charge in [0.25, 0.3) is 11.5 Å². The van der Waals surface area contributed by atoms with Crippen molar-refractivity contribution >= 4 is 22.6 Å². The number of aromatic nitrogens is 1. The summed E-state index contributed by atoms with van der Waals surface area (Å²) in [5.74, 6) is -1.89. The Morgan fingerprint density at radius 3 is 2.68 bits per heavy atom. The minimum Gasteiger partial charge on any atom is -0.481 e. The van der Waals surface area contributed by atoms with Gasteiger partial charge in [-0.15, -0.1) is 0 Å². The van der Waals surface area contributed by atoms with Crippen LogP contribution >= 0.6 is 0 Å². The van der Waals surface area contributed by atoms with E-state index in [0.717, 1.165) is 0 Å². The van der Waals surface area contributed by atoms with Crippen LogP contribution in [0.4, 0.5) is 0 Å². The molecular weight excluding hydrogens is 284 g/mol. The lowest BCUT2D eigenvalue weighted by molar-refractivity contribution is -0.142. The van der Waals surface area contributed by atoms with Crippen molar-refractivity contribution in [2.24, 2.45) is 11.8 Å². The van der Waals surface area contributed by atoms with Gasteiger partial charge in [-0.3, -0.25) is 14.4 Å². The van der Waals surface area contributed by atoms with Gasteiger partial charge in [-0.1, -0.05) is 25.1 Å². The molecule has 114 valence electrons. The molecule has 0 bridgehead atoms. The zero-order chi connectivity index (χ0) is 15.9. The van der Waals surface area contributed by atoms with Gasteiger partial charge in [-0.25, -0.2) is 0 Å². The molecule has 6 nitrogen and oxygen atoms in total. The SMILES string of the molecule is C[C@@H]1CN(C(=O)c2cc3ccccc3c(=O)[nH]2)C[C@H]1C(=O)O. The van der Waals surface area contributed by atoms with E-state index in [2.05, 4.69) is 4.98 Å². The zero-order valence-corrected chi connectivity index (χ0v) is 12.1. The molecule has 1 fully saturated rings. The van der Waals surface area contributed by atoms with Crippen molar-refractivity contribution in [2.75, 3.05) is 13.1 Å². The van der Waals surface area contributed by atoms with Crippen LogP contribution in [0.25, 0.3) is 10.8 Å². The molecule has 1 aliphatic rings. The van der Waals surface area contributed by atoms with Gasteiger partial charge in [0.1, 0.15) is 5.69 Å². The average Bonchev–Trinajstić information content (AvgIpc) is 2.88. The quantitative estimate of drug-likeness (QED) is 0.875. The van der Waals surface area contributed by atoms with Crippen LogP contribution in [-0.4, -0.2) is 40.0 Å². The molecule has 2 heterocycles. The summed E-state index contributed by atoms with van der Waals surface area (Å²) in [6, 6.07) is 8.67. The van der Waals surface area contributed by atoms with Gasteiger partial charge in [-0.05, 0) is 23.4 Å². The molecule has 1 aliphatic heterocycles. The summed E-state index contributed by atoms with van der Waals surface area (Å²) >= 11 is 0. The second-order valence-corrected chi connectivity index (χ2v) is 5.73. The van der Waals surface area contributed by atoms with Crippen LogP contribution in [0.3, 0.4) is 0 Å². The summed E-state index contributed by atoms with van der Waals surface area (Å²) < 4.78 is 0. The van der Waals surface area contributed by atoms with E-state index in [4.69, 9.17) is 5.11 Å². The lowest BCUT2D eigenvalue weighted by atomic mass is 9.99. The Labute approximate surface area is 126 Å². The van der Waals surface area contributed by atoms with Crippen molar-refractivity contribution < 1.29 is 14.7 Å². The van der Waals surface area contributed by atoms with Crippen molar-refractivity contribution in [3.05, 3.63) is 46.4 Å². The Kier molecular flexibility index (Phi) is 3.44. The molecule has 0 spiro atoms. The van der Waals surface area contributed by atoms with Crippen LogP contribution in [0.1, 0.15) is 17.4 Å². The minimum atomic E-state index is -0.894. The fourth-order valence-corrected chi connectivity index (χ4v) is 2.95. The number of amides is 1. The molecule has 0 saturated carbocycles. The first kappa shape index (κ1) is 14.3. The summed E-state index contributed by atoms with van der Waals surface area (Å²) in [6.07, 6.45) is 0. The maximum absolute atomic E-state index is 12.5. The summed E-state index contributed by atoms with van der Waals surface area (Å²) in [5.41, 5.74) is -0.120. The maximum atomic E-state index is 12.5. The minimum absolute atomic E-state index is 0.103. The third kappa shape index (κ3) is 2.36. The molecule has 22 heavy (non-hydrogen) atoms. The number of pyridine rings is 1. The van der Waals surface area contributed by atoms with E-state index in [0.29, 0.717) is 17.3 Å². The first-order chi connectivity index (χ1) is 10.5. The Morgan fingerprint density at radius 2 is 2.00 bits per heavy atom. The number of hydrogen-bond donors (Lipinski definition) is 2. The van der Waals surface area contributed by atoms with E-state index in [9.17, 15) is 14.4 Å². The van der Waals surface area contributed by atoms with Crippen molar-refractivity contribution in [2.45, 2.75) is 6.92 Å². The lowest BCUT2D eigenvalue weighted by Crippen LogP contribution is -2.31. The number of carbonyl (C=O) groups excluding carboxylic acids is 1. The van der Waals surface area contributed by atoms with E-state index in [-0.39, 0.29) is 29.6 Å². The number of benzene rings is 1. The van der Waals surface area contributed by atoms with E-state index in [1.165, 1.54) is 4.90 Å². The lowest BCUT2D eigenvalue weighted by Gasteiger charge is -2.16. The second-order valence-electron chi connectivity index (χ2n) is 5.73. The highest BCUT2D eigenvalue weighted by Crippen LogP contribution is 2.24. The summed E-state index contributed by atoms with van der Waals surface area (Å²) in [5, 5.41) is 10.4. The number of aromatic amines is 1. The number of carbonyl (C=O) groups is 2. The van der Waals surface area contributed by atoms with E-state index < -0.39 is 11.9 Å². The number of likely N-dealkylation sites (tertiary alicyclic amines) is 1. The maximum Gasteiger partial charge on any atom is 0.308 e. The number of hydrogen-bond acceptors (Lipinski definition) is 3. The highest BCUT2D eigenvalue weighted by atomic mass is 16.4. The largest absolute Gasteiger partial charge is 0.481 e. The van der Waals surface area contributed by atoms with Crippen LogP contribution in [-0.2, 0) is 4.79 Å². The highest BCUT2D eigenvalue weighted by molar-refractivity contribution is 5.96. The summed E-state index contributed by atoms with van der Waals surface area (Å²) in [7, 11) is 0. The van der Waals surface area contributed by atoms with E-state index >= 15 is 0 Å². The molecule has 0 aliphatic carbocycles. The van der Waals surface area contributed by atoms with Crippen LogP contribution in [0.2, 0.25) is 0 Å². The number of nitrogens with zero attached hydrogens (tertiary/aromatic N) is 1. The molecular formula is C16H16N2O4. The first-order valence-corrected chi connectivity index (χ1v) is 7.11. The van der Waals surface area contributed by atoms with Gasteiger partial charge in [0.15, 0.2) is 0 Å². The molecule has 0 unspecified atom stereocenters. The molecule has 2 atom stereocenters. The van der Waals surface area contributed by atoms with Gasteiger partial charge in [0.2, 0.25) is 0 Å². The topological polar surface area (TPSA) is 90.5 Å². The van der Waals surface area contributed by atoms with Gasteiger partial charge < -0.3 is 15.0 Å². The fourth-order valence-electron chi connectivity index (χ4n) is 2.95. The monoisotopic (exact) mass is 300 g/mol. The number of rotatable bonds is 2. The molecule has 1 saturated heterocycles. The molecule has 3 rings (SSSR count). The second kappa shape index (κ2) is 5.29. The predicted octanol–water partition coefficient (Wildman–Crippen LogP) is 1.32. The normalized spacial score (nSPS) is 21.2. The smallest absolute Gasteiger partial charge is 0.308 e. The zero-order valence-electron chi connectivity index (χ0n) is 12.1. The van der Waals surface area contributed by atoms with Crippen molar-refractivity contribution in [3.63, 3.8) is 0 Å². The van der Waals surface area contributed by atoms with Crippen molar-refractivity contribution in [1.29, 1.82) is 0 Å². The van der Waals surface area contributed by atoms with Crippen LogP contribution in [0, 0.1) is 11.8 Å². The standard InChI is InChI=1S/C16H16N2O4/c1-9-7-18(8-12(9)16(21)22)15(20)13-6-10-4-2-3-5-11(10)14(19)17-13/h2-6,9,12H,7-8H2,1H3,(H,17,19)(H,21,22)/t9-,12-/m1/s1. The van der Waals surface area contributed by atoms with E-state index in [1.54, 1.807) is 30.3 Å². The molecule has 2 aromatic rings. The number of aliphatic carboxylic acids is 1. The molecule has 1 amide bonds. The molecule has 1 aromatic heterocycles. The summed E-state index contributed by atoms with van der Waals surface area (Å²) in [6.45, 7) is 2.37. The number of H-pyrrole nitrogens is 1. The van der Waals surface area contributed by atoms with Gasteiger partial charge in [0.05, 0.1) is 5.92 Å². The molecule has 0 radical (unpaired) electrons. The van der Waals surface area contributed by atoms with Crippen LogP contribution in [0.15, 0.2) is 35.1 Å². The van der Waals surface area contributed by atoms with Gasteiger partial charge in [0, 0.05) is 18.5 Å². The highest BCUT2D eigenvalue weighted by Gasteiger charge is 2.37. The molecule has 2 N–H and O–H groups in total. The van der Waals surface area contributed by atoms with Crippen molar-refractivity contribution in [3.8, 4) is 0 Å². The Hall–Kier alpha value is -2.63. The fraction of sp³-hybridized carbons (Fsp3) is 0.312. The first-order valence-electron chi connectivity index (χ1n) is 7.11. The molecule has 6 heteroatoms. The van der Waals surface area contributed by atoms with Gasteiger partial charge in [-0.2, -0.15) is 0 Å². The molecule has 1 aromatic carbocycles. The number of fused-ring (bicyclic) bond motifs is 1. The Morgan fingerprint density at radius 1 is 1.27 bits per heavy atom. The third-order valence-corrected chi connectivity index (χ3v) is 4.20. The van der Waals surface area contributed by atoms with Gasteiger partial charge >= 0.3 is 5.97 Å².